The zero-order valence-electron chi connectivity index (χ0n) is 3.40. The molecule has 5 heteroatoms. The first kappa shape index (κ1) is 11.2. The van der Waals surface area contributed by atoms with E-state index in [2.05, 4.69) is 31.9 Å². The van der Waals surface area contributed by atoms with E-state index in [1.165, 1.54) is 0 Å². The number of hydrogen-bond acceptors (Lipinski definition) is 1. The van der Waals surface area contributed by atoms with Gasteiger partial charge in [-0.15, -0.1) is 0 Å². The summed E-state index contributed by atoms with van der Waals surface area (Å²) in [6.07, 6.45) is 0. The van der Waals surface area contributed by atoms with Crippen LogP contribution in [0.2, 0.25) is 0 Å². The predicted octanol–water partition coefficient (Wildman–Crippen LogP) is 1.18. The maximum Gasteiger partial charge on any atom is 0.328 e. The third-order valence-electron chi connectivity index (χ3n) is 0.187. The van der Waals surface area contributed by atoms with E-state index >= 15 is 0 Å². The van der Waals surface area contributed by atoms with Crippen LogP contribution in [0, 0.1) is 0 Å². The molecule has 0 aromatic rings. The Morgan fingerprint density at radius 2 is 1.71 bits per heavy atom. The Morgan fingerprint density at radius 1 is 1.57 bits per heavy atom. The van der Waals surface area contributed by atoms with Gasteiger partial charge in [-0.25, -0.2) is 0 Å². The molecule has 0 aliphatic heterocycles. The molecule has 1 N–H and O–H groups in total. The average Bonchev–Trinajstić information content (AvgIpc) is 1.36. The fraction of sp³-hybridized carbons (Fsp3) is 0.500. The van der Waals surface area contributed by atoms with Crippen molar-refractivity contribution in [3.05, 3.63) is 0 Å². The van der Waals surface area contributed by atoms with E-state index in [0.29, 0.717) is 0 Å². The van der Waals surface area contributed by atoms with Crippen molar-refractivity contribution < 1.29 is 37.6 Å². The summed E-state index contributed by atoms with van der Waals surface area (Å²) in [5.74, 6) is -0.907. The Labute approximate surface area is 78.4 Å². The van der Waals surface area contributed by atoms with Crippen molar-refractivity contribution in [2.75, 3.05) is 0 Å². The molecule has 0 aromatic heterocycles. The summed E-state index contributed by atoms with van der Waals surface area (Å²) >= 11 is 5.51. The third-order valence-corrected chi connectivity index (χ3v) is 0.970. The van der Waals surface area contributed by atoms with Gasteiger partial charge in [-0.3, -0.25) is 4.79 Å². The maximum absolute atomic E-state index is 9.61. The van der Waals surface area contributed by atoms with Crippen LogP contribution in [-0.4, -0.2) is 14.8 Å². The molecule has 0 bridgehead atoms. The van der Waals surface area contributed by atoms with Gasteiger partial charge >= 0.3 is 5.97 Å². The van der Waals surface area contributed by atoms with Crippen LogP contribution in [0.25, 0.3) is 0 Å². The summed E-state index contributed by atoms with van der Waals surface area (Å²) in [7, 11) is 0. The smallest absolute Gasteiger partial charge is 0.328 e. The van der Waals surface area contributed by atoms with Crippen molar-refractivity contribution in [1.29, 1.82) is 0 Å². The molecule has 0 amide bonds. The molecule has 0 saturated carbocycles. The third kappa shape index (κ3) is 7.37. The summed E-state index contributed by atoms with van der Waals surface area (Å²) in [6.45, 7) is 0. The van der Waals surface area contributed by atoms with Crippen LogP contribution < -0.4 is 0 Å². The second-order valence-electron chi connectivity index (χ2n) is 0.639. The normalized spacial score (nSPS) is 7.86. The van der Waals surface area contributed by atoms with E-state index in [4.69, 9.17) is 5.11 Å². The van der Waals surface area contributed by atoms with Gasteiger partial charge in [0.05, 0.1) is 0 Å². The fourth-order valence-electron chi connectivity index (χ4n) is 0. The minimum Gasteiger partial charge on any atom is -0.480 e. The van der Waals surface area contributed by atoms with Gasteiger partial charge in [0.1, 0.15) is 0 Å². The molecule has 0 rings (SSSR count). The molecule has 2 nitrogen and oxygen atoms in total. The zero-order chi connectivity index (χ0) is 5.15. The molecule has 0 aromatic carbocycles. The van der Waals surface area contributed by atoms with Gasteiger partial charge in [-0.05, 0) is 0 Å². The van der Waals surface area contributed by atoms with Crippen molar-refractivity contribution in [3.63, 3.8) is 0 Å². The van der Waals surface area contributed by atoms with E-state index < -0.39 is 9.71 Å². The van der Waals surface area contributed by atoms with Crippen LogP contribution in [0.3, 0.4) is 0 Å². The van der Waals surface area contributed by atoms with Crippen LogP contribution in [0.4, 0.5) is 0 Å². The Morgan fingerprint density at radius 3 is 1.71 bits per heavy atom. The van der Waals surface area contributed by atoms with Crippen LogP contribution in [0.15, 0.2) is 0 Å². The van der Waals surface area contributed by atoms with Gasteiger partial charge < -0.3 is 5.11 Å². The Bertz CT molecular complexity index is 64.7. The minimum atomic E-state index is -0.907. The van der Waals surface area contributed by atoms with Crippen LogP contribution in [-0.2, 0) is 32.5 Å². The molecule has 0 unspecified atom stereocenters. The van der Waals surface area contributed by atoms with Crippen LogP contribution in [0.1, 0.15) is 0 Å². The molecule has 0 aliphatic carbocycles. The number of aliphatic carboxylic acids is 1. The number of carboxylic acid groups (broad SMARTS) is 1. The maximum atomic E-state index is 9.61. The monoisotopic (exact) mass is 418 g/mol. The van der Waals surface area contributed by atoms with Gasteiger partial charge in [0, 0.05) is 27.7 Å². The molecule has 0 fully saturated rings. The molecular formula is C2H2Br2HgO2. The van der Waals surface area contributed by atoms with Crippen LogP contribution in [0.5, 0.6) is 0 Å². The van der Waals surface area contributed by atoms with Gasteiger partial charge in [0.25, 0.3) is 0 Å². The van der Waals surface area contributed by atoms with E-state index in [9.17, 15) is 4.79 Å². The summed E-state index contributed by atoms with van der Waals surface area (Å²) in [4.78, 5) is 9.61. The Hall–Kier alpha value is 1.37. The first-order valence-electron chi connectivity index (χ1n) is 1.15. The minimum absolute atomic E-state index is 0. The summed E-state index contributed by atoms with van der Waals surface area (Å²) < 4.78 is -0.606. The first-order valence-corrected chi connectivity index (χ1v) is 2.98. The Kier molecular flexibility index (Phi) is 8.80. The first-order chi connectivity index (χ1) is 2.64. The molecule has 0 heterocycles. The van der Waals surface area contributed by atoms with Gasteiger partial charge in [0.15, 0.2) is 3.74 Å². The number of rotatable bonds is 1. The molecule has 0 saturated heterocycles. The van der Waals surface area contributed by atoms with Crippen molar-refractivity contribution in [2.24, 2.45) is 0 Å². The van der Waals surface area contributed by atoms with Gasteiger partial charge in [-0.2, -0.15) is 0 Å². The molecule has 0 radical (unpaired) electrons. The number of alkyl halides is 2. The van der Waals surface area contributed by atoms with E-state index in [1.54, 1.807) is 0 Å². The number of carboxylic acids is 1. The van der Waals surface area contributed by atoms with Gasteiger partial charge in [0.2, 0.25) is 0 Å². The Balaban J connectivity index is 0. The topological polar surface area (TPSA) is 37.3 Å². The molecular weight excluding hydrogens is 416 g/mol. The van der Waals surface area contributed by atoms with E-state index in [-0.39, 0.29) is 27.7 Å². The van der Waals surface area contributed by atoms with Gasteiger partial charge in [-0.1, -0.05) is 31.9 Å². The zero-order valence-corrected chi connectivity index (χ0v) is 12.1. The summed E-state index contributed by atoms with van der Waals surface area (Å²) in [6, 6.07) is 0. The predicted molar refractivity (Wildman–Crippen MR) is 29.3 cm³/mol. The summed E-state index contributed by atoms with van der Waals surface area (Å²) in [5.41, 5.74) is 0. The summed E-state index contributed by atoms with van der Waals surface area (Å²) in [5, 5.41) is 7.90. The standard InChI is InChI=1S/C2H2Br2O2.Hg/c3-1(4)2(5)6;/h1H,(H,5,6);. The van der Waals surface area contributed by atoms with Crippen molar-refractivity contribution in [1.82, 2.24) is 0 Å². The largest absolute Gasteiger partial charge is 0.480 e. The average molecular weight is 418 g/mol. The molecule has 0 aliphatic rings. The number of halogens is 2. The second kappa shape index (κ2) is 5.50. The molecule has 38 valence electrons. The molecule has 7 heavy (non-hydrogen) atoms. The van der Waals surface area contributed by atoms with Crippen LogP contribution >= 0.6 is 31.9 Å². The van der Waals surface area contributed by atoms with Crippen molar-refractivity contribution >= 4 is 37.8 Å². The van der Waals surface area contributed by atoms with E-state index in [0.717, 1.165) is 0 Å². The molecule has 0 atom stereocenters. The van der Waals surface area contributed by atoms with E-state index in [1.807, 2.05) is 0 Å². The quantitative estimate of drug-likeness (QED) is 0.513. The SMILES string of the molecule is O=C(O)C(Br)Br.[Hg]. The second-order valence-corrected chi connectivity index (χ2v) is 3.70. The van der Waals surface area contributed by atoms with Crippen molar-refractivity contribution in [2.45, 2.75) is 3.74 Å². The van der Waals surface area contributed by atoms with Crippen molar-refractivity contribution in [3.8, 4) is 0 Å². The number of carbonyl (C=O) groups is 1. The fourth-order valence-corrected chi connectivity index (χ4v) is 0. The molecule has 0 spiro atoms. The number of hydrogen-bond donors (Lipinski definition) is 1.